The van der Waals surface area contributed by atoms with Crippen molar-refractivity contribution in [3.63, 3.8) is 0 Å². The van der Waals surface area contributed by atoms with Crippen LogP contribution in [0.1, 0.15) is 11.3 Å². The van der Waals surface area contributed by atoms with Crippen molar-refractivity contribution in [2.45, 2.75) is 13.8 Å². The molecule has 0 radical (unpaired) electrons. The van der Waals surface area contributed by atoms with Gasteiger partial charge in [0.1, 0.15) is 5.65 Å². The van der Waals surface area contributed by atoms with E-state index in [1.807, 2.05) is 31.2 Å². The molecule has 0 aliphatic carbocycles. The SMILES string of the molecule is Cc1ccn2c(-c3ccc(Cl)cc3)c(C)nc2c1. The molecule has 0 bridgehead atoms. The average Bonchev–Trinajstić information content (AvgIpc) is 2.65. The third-order valence-electron chi connectivity index (χ3n) is 3.07. The predicted molar refractivity (Wildman–Crippen MR) is 75.1 cm³/mol. The summed E-state index contributed by atoms with van der Waals surface area (Å²) in [6, 6.07) is 12.0. The molecule has 0 atom stereocenters. The van der Waals surface area contributed by atoms with E-state index in [4.69, 9.17) is 11.6 Å². The Morgan fingerprint density at radius 1 is 1.06 bits per heavy atom. The van der Waals surface area contributed by atoms with Crippen molar-refractivity contribution in [1.82, 2.24) is 9.38 Å². The van der Waals surface area contributed by atoms with Gasteiger partial charge in [-0.15, -0.1) is 0 Å². The summed E-state index contributed by atoms with van der Waals surface area (Å²) >= 11 is 5.93. The highest BCUT2D eigenvalue weighted by Crippen LogP contribution is 2.26. The van der Waals surface area contributed by atoms with E-state index in [0.29, 0.717) is 0 Å². The zero-order valence-electron chi connectivity index (χ0n) is 10.3. The van der Waals surface area contributed by atoms with Crippen molar-refractivity contribution in [1.29, 1.82) is 0 Å². The fraction of sp³-hybridized carbons (Fsp3) is 0.133. The average molecular weight is 257 g/mol. The molecule has 0 aliphatic heterocycles. The molecule has 0 saturated heterocycles. The molecule has 90 valence electrons. The summed E-state index contributed by atoms with van der Waals surface area (Å²) in [6.07, 6.45) is 2.06. The van der Waals surface area contributed by atoms with Crippen LogP contribution in [0, 0.1) is 13.8 Å². The minimum absolute atomic E-state index is 0.751. The highest BCUT2D eigenvalue weighted by molar-refractivity contribution is 6.30. The first kappa shape index (κ1) is 11.3. The van der Waals surface area contributed by atoms with Crippen molar-refractivity contribution in [2.75, 3.05) is 0 Å². The van der Waals surface area contributed by atoms with Gasteiger partial charge in [0, 0.05) is 16.8 Å². The van der Waals surface area contributed by atoms with Crippen LogP contribution in [-0.2, 0) is 0 Å². The predicted octanol–water partition coefficient (Wildman–Crippen LogP) is 4.27. The molecule has 3 rings (SSSR count). The molecular formula is C15H13ClN2. The van der Waals surface area contributed by atoms with E-state index in [1.54, 1.807) is 0 Å². The number of aromatic nitrogens is 2. The Kier molecular flexibility index (Phi) is 2.60. The highest BCUT2D eigenvalue weighted by atomic mass is 35.5. The zero-order valence-corrected chi connectivity index (χ0v) is 11.1. The normalized spacial score (nSPS) is 11.1. The minimum Gasteiger partial charge on any atom is -0.299 e. The van der Waals surface area contributed by atoms with E-state index < -0.39 is 0 Å². The molecule has 3 aromatic rings. The van der Waals surface area contributed by atoms with Gasteiger partial charge in [0.2, 0.25) is 0 Å². The third-order valence-corrected chi connectivity index (χ3v) is 3.33. The Hall–Kier alpha value is -1.80. The Labute approximate surface area is 111 Å². The number of hydrogen-bond donors (Lipinski definition) is 0. The standard InChI is InChI=1S/C15H13ClN2/c1-10-7-8-18-14(9-10)17-11(2)15(18)12-3-5-13(16)6-4-12/h3-9H,1-2H3. The Bertz CT molecular complexity index is 711. The van der Waals surface area contributed by atoms with Crippen LogP contribution in [0.2, 0.25) is 5.02 Å². The molecule has 2 heterocycles. The lowest BCUT2D eigenvalue weighted by Gasteiger charge is -2.04. The number of pyridine rings is 1. The van der Waals surface area contributed by atoms with Crippen molar-refractivity contribution in [3.8, 4) is 11.3 Å². The van der Waals surface area contributed by atoms with E-state index in [-0.39, 0.29) is 0 Å². The third kappa shape index (κ3) is 1.79. The molecule has 0 fully saturated rings. The molecular weight excluding hydrogens is 244 g/mol. The lowest BCUT2D eigenvalue weighted by molar-refractivity contribution is 1.17. The molecule has 2 nitrogen and oxygen atoms in total. The maximum atomic E-state index is 5.93. The van der Waals surface area contributed by atoms with Gasteiger partial charge in [0.25, 0.3) is 0 Å². The quantitative estimate of drug-likeness (QED) is 0.636. The molecule has 0 N–H and O–H groups in total. The largest absolute Gasteiger partial charge is 0.299 e. The first-order chi connectivity index (χ1) is 8.65. The molecule has 0 unspecified atom stereocenters. The molecule has 2 aromatic heterocycles. The number of hydrogen-bond acceptors (Lipinski definition) is 1. The van der Waals surface area contributed by atoms with Crippen molar-refractivity contribution >= 4 is 17.2 Å². The van der Waals surface area contributed by atoms with E-state index in [0.717, 1.165) is 27.6 Å². The lowest BCUT2D eigenvalue weighted by atomic mass is 10.1. The maximum Gasteiger partial charge on any atom is 0.137 e. The van der Waals surface area contributed by atoms with Gasteiger partial charge in [0.15, 0.2) is 0 Å². The molecule has 0 spiro atoms. The summed E-state index contributed by atoms with van der Waals surface area (Å²) in [5, 5.41) is 0.751. The van der Waals surface area contributed by atoms with Crippen LogP contribution in [0.4, 0.5) is 0 Å². The fourth-order valence-electron chi connectivity index (χ4n) is 2.22. The Morgan fingerprint density at radius 3 is 2.50 bits per heavy atom. The molecule has 0 saturated carbocycles. The molecule has 0 aliphatic rings. The summed E-state index contributed by atoms with van der Waals surface area (Å²) in [6.45, 7) is 4.11. The van der Waals surface area contributed by atoms with Crippen molar-refractivity contribution < 1.29 is 0 Å². The van der Waals surface area contributed by atoms with Gasteiger partial charge in [0.05, 0.1) is 11.4 Å². The van der Waals surface area contributed by atoms with Crippen molar-refractivity contribution in [3.05, 3.63) is 58.9 Å². The number of benzene rings is 1. The lowest BCUT2D eigenvalue weighted by Crippen LogP contribution is -1.89. The van der Waals surface area contributed by atoms with Gasteiger partial charge in [-0.05, 0) is 43.7 Å². The minimum atomic E-state index is 0.751. The number of fused-ring (bicyclic) bond motifs is 1. The smallest absolute Gasteiger partial charge is 0.137 e. The first-order valence-electron chi connectivity index (χ1n) is 5.86. The second-order valence-corrected chi connectivity index (χ2v) is 4.92. The van der Waals surface area contributed by atoms with E-state index in [9.17, 15) is 0 Å². The van der Waals surface area contributed by atoms with Gasteiger partial charge < -0.3 is 0 Å². The van der Waals surface area contributed by atoms with Gasteiger partial charge in [-0.2, -0.15) is 0 Å². The van der Waals surface area contributed by atoms with Gasteiger partial charge >= 0.3 is 0 Å². The number of rotatable bonds is 1. The summed E-state index contributed by atoms with van der Waals surface area (Å²) in [5.74, 6) is 0. The summed E-state index contributed by atoms with van der Waals surface area (Å²) in [5.41, 5.74) is 5.49. The zero-order chi connectivity index (χ0) is 12.7. The van der Waals surface area contributed by atoms with Crippen LogP contribution < -0.4 is 0 Å². The van der Waals surface area contributed by atoms with Crippen LogP contribution in [0.25, 0.3) is 16.9 Å². The van der Waals surface area contributed by atoms with E-state index in [1.165, 1.54) is 5.56 Å². The van der Waals surface area contributed by atoms with Gasteiger partial charge in [-0.3, -0.25) is 4.40 Å². The fourth-order valence-corrected chi connectivity index (χ4v) is 2.35. The summed E-state index contributed by atoms with van der Waals surface area (Å²) in [7, 11) is 0. The number of aryl methyl sites for hydroxylation is 2. The maximum absolute atomic E-state index is 5.93. The molecule has 0 amide bonds. The van der Waals surface area contributed by atoms with Crippen LogP contribution in [-0.4, -0.2) is 9.38 Å². The number of nitrogens with zero attached hydrogens (tertiary/aromatic N) is 2. The summed E-state index contributed by atoms with van der Waals surface area (Å²) in [4.78, 5) is 4.60. The number of imidazole rings is 1. The van der Waals surface area contributed by atoms with Gasteiger partial charge in [-0.1, -0.05) is 23.7 Å². The van der Waals surface area contributed by atoms with E-state index in [2.05, 4.69) is 34.6 Å². The second-order valence-electron chi connectivity index (χ2n) is 4.49. The monoisotopic (exact) mass is 256 g/mol. The highest BCUT2D eigenvalue weighted by Gasteiger charge is 2.10. The van der Waals surface area contributed by atoms with Crippen LogP contribution >= 0.6 is 11.6 Å². The van der Waals surface area contributed by atoms with Gasteiger partial charge in [-0.25, -0.2) is 4.98 Å². The second kappa shape index (κ2) is 4.14. The topological polar surface area (TPSA) is 17.3 Å². The molecule has 1 aromatic carbocycles. The van der Waals surface area contributed by atoms with Crippen LogP contribution in [0.15, 0.2) is 42.6 Å². The molecule has 18 heavy (non-hydrogen) atoms. The van der Waals surface area contributed by atoms with Crippen molar-refractivity contribution in [2.24, 2.45) is 0 Å². The summed E-state index contributed by atoms with van der Waals surface area (Å²) < 4.78 is 2.12. The van der Waals surface area contributed by atoms with E-state index >= 15 is 0 Å². The van der Waals surface area contributed by atoms with Crippen LogP contribution in [0.5, 0.6) is 0 Å². The Morgan fingerprint density at radius 2 is 1.78 bits per heavy atom. The molecule has 3 heteroatoms. The van der Waals surface area contributed by atoms with Crippen LogP contribution in [0.3, 0.4) is 0 Å². The first-order valence-corrected chi connectivity index (χ1v) is 6.24. The number of halogens is 1. The Balaban J connectivity index is 2.28.